The molecule has 5 rings (SSSR count). The van der Waals surface area contributed by atoms with Gasteiger partial charge in [-0.2, -0.15) is 0 Å². The first-order chi connectivity index (χ1) is 16.6. The summed E-state index contributed by atoms with van der Waals surface area (Å²) in [5.41, 5.74) is -3.50. The molecule has 1 heterocycles. The van der Waals surface area contributed by atoms with Crippen LogP contribution in [0.1, 0.15) is 32.6 Å². The fourth-order valence-electron chi connectivity index (χ4n) is 9.06. The van der Waals surface area contributed by atoms with Gasteiger partial charge in [-0.3, -0.25) is 9.59 Å². The van der Waals surface area contributed by atoms with Crippen LogP contribution in [-0.2, 0) is 33.3 Å². The Hall–Kier alpha value is -1.59. The van der Waals surface area contributed by atoms with Crippen molar-refractivity contribution in [2.45, 2.75) is 62.6 Å². The van der Waals surface area contributed by atoms with E-state index in [0.717, 1.165) is 4.74 Å². The molecule has 0 aromatic heterocycles. The van der Waals surface area contributed by atoms with Gasteiger partial charge in [0.05, 0.1) is 29.1 Å². The lowest BCUT2D eigenvalue weighted by molar-refractivity contribution is -0.501. The Morgan fingerprint density at radius 2 is 1.94 bits per heavy atom. The van der Waals surface area contributed by atoms with Gasteiger partial charge in [0.15, 0.2) is 18.5 Å². The Balaban J connectivity index is 1.78. The fourth-order valence-corrected chi connectivity index (χ4v) is 9.06. The summed E-state index contributed by atoms with van der Waals surface area (Å²) in [5.74, 6) is -2.27. The van der Waals surface area contributed by atoms with Gasteiger partial charge in [-0.15, -0.1) is 0 Å². The van der Waals surface area contributed by atoms with E-state index in [1.807, 2.05) is 0 Å². The highest BCUT2D eigenvalue weighted by Gasteiger charge is 2.79. The molecule has 4 bridgehead atoms. The second-order valence-electron chi connectivity index (χ2n) is 11.2. The molecule has 1 aliphatic heterocycles. The van der Waals surface area contributed by atoms with Crippen LogP contribution in [0.15, 0.2) is 0 Å². The van der Waals surface area contributed by atoms with Crippen molar-refractivity contribution in [1.29, 1.82) is 0 Å². The molecule has 0 amide bonds. The van der Waals surface area contributed by atoms with Crippen LogP contribution in [-0.4, -0.2) is 99.4 Å². The number of nitrogens with zero attached hydrogens (tertiary/aromatic N) is 1. The number of hydrogen-bond donors (Lipinski definition) is 1. The molecule has 35 heavy (non-hydrogen) atoms. The highest BCUT2D eigenvalue weighted by atomic mass is 16.5. The molecule has 5 aliphatic rings. The number of esters is 1. The lowest BCUT2D eigenvalue weighted by Crippen LogP contribution is -2.69. The van der Waals surface area contributed by atoms with Crippen molar-refractivity contribution in [2.75, 3.05) is 41.6 Å². The number of Topliss-reactive ketones (excluding diaryl/α,β-unsaturated/α-hetero) is 1. The number of carbonyl (C=O) groups is 2. The zero-order valence-corrected chi connectivity index (χ0v) is 21.1. The predicted octanol–water partition coefficient (Wildman–Crippen LogP) is 0.557. The van der Waals surface area contributed by atoms with Crippen LogP contribution in [0.2, 0.25) is 0 Å². The van der Waals surface area contributed by atoms with Crippen molar-refractivity contribution in [3.63, 3.8) is 0 Å². The van der Waals surface area contributed by atoms with E-state index in [2.05, 4.69) is 0 Å². The Labute approximate surface area is 205 Å². The number of aliphatic hydroxyl groups is 1. The molecule has 11 atom stereocenters. The topological polar surface area (TPSA) is 127 Å². The van der Waals surface area contributed by atoms with Gasteiger partial charge in [0, 0.05) is 59.5 Å². The number of carbonyl (C=O) groups excluding carboxylic acids is 2. The van der Waals surface area contributed by atoms with E-state index in [1.165, 1.54) is 14.0 Å². The Morgan fingerprint density at radius 1 is 1.20 bits per heavy atom. The number of hydrogen-bond acceptors (Lipinski definition) is 9. The smallest absolute Gasteiger partial charge is 0.302 e. The molecular formula is C25H37NO9. The molecule has 1 N–H and O–H groups in total. The molecule has 0 unspecified atom stereocenters. The minimum atomic E-state index is -1.75. The lowest BCUT2D eigenvalue weighted by Gasteiger charge is -2.59. The maximum Gasteiger partial charge on any atom is 0.302 e. The molecule has 4 aliphatic carbocycles. The molecule has 0 spiro atoms. The minimum absolute atomic E-state index is 0.00144. The maximum atomic E-state index is 14.3. The SMILES string of the molecule is CO[C@H]1[C@@H]2C[C@@H]3[C@H]1[C@](O)(C[C@@H]2OC)C(=O)[C@@H](OC)[C@@H]1[C@@]2(COC(C)=O)CC[C@H](OC)[C@@]31C=[N+]([O-])C2. The van der Waals surface area contributed by atoms with Crippen molar-refractivity contribution in [3.8, 4) is 0 Å². The average molecular weight is 496 g/mol. The Kier molecular flexibility index (Phi) is 6.07. The number of ether oxygens (including phenoxy) is 5. The Bertz CT molecular complexity index is 925. The van der Waals surface area contributed by atoms with Gasteiger partial charge in [0.25, 0.3) is 0 Å². The summed E-state index contributed by atoms with van der Waals surface area (Å²) in [6, 6.07) is 0. The van der Waals surface area contributed by atoms with Crippen LogP contribution in [0, 0.1) is 39.7 Å². The fraction of sp³-hybridized carbons (Fsp3) is 0.880. The van der Waals surface area contributed by atoms with Gasteiger partial charge >= 0.3 is 5.97 Å². The summed E-state index contributed by atoms with van der Waals surface area (Å²) in [5, 5.41) is 25.6. The van der Waals surface area contributed by atoms with E-state index in [0.29, 0.717) is 19.3 Å². The highest BCUT2D eigenvalue weighted by molar-refractivity contribution is 5.94. The van der Waals surface area contributed by atoms with Crippen LogP contribution in [0.5, 0.6) is 0 Å². The van der Waals surface area contributed by atoms with Gasteiger partial charge in [0.1, 0.15) is 18.3 Å². The molecule has 196 valence electrons. The van der Waals surface area contributed by atoms with E-state index in [9.17, 15) is 19.9 Å². The van der Waals surface area contributed by atoms with Crippen LogP contribution in [0.25, 0.3) is 0 Å². The van der Waals surface area contributed by atoms with E-state index < -0.39 is 52.2 Å². The monoisotopic (exact) mass is 495 g/mol. The quantitative estimate of drug-likeness (QED) is 0.319. The molecule has 10 nitrogen and oxygen atoms in total. The summed E-state index contributed by atoms with van der Waals surface area (Å²) in [7, 11) is 6.28. The summed E-state index contributed by atoms with van der Waals surface area (Å²) < 4.78 is 30.2. The van der Waals surface area contributed by atoms with E-state index in [1.54, 1.807) is 27.5 Å². The molecule has 4 fully saturated rings. The first-order valence-corrected chi connectivity index (χ1v) is 12.4. The van der Waals surface area contributed by atoms with Crippen LogP contribution in [0.3, 0.4) is 0 Å². The van der Waals surface area contributed by atoms with Gasteiger partial charge < -0.3 is 34.0 Å². The largest absolute Gasteiger partial charge is 0.624 e. The van der Waals surface area contributed by atoms with Gasteiger partial charge in [-0.05, 0) is 25.2 Å². The third-order valence-corrected chi connectivity index (χ3v) is 10.1. The highest BCUT2D eigenvalue weighted by Crippen LogP contribution is 2.69. The predicted molar refractivity (Wildman–Crippen MR) is 122 cm³/mol. The zero-order chi connectivity index (χ0) is 25.3. The summed E-state index contributed by atoms with van der Waals surface area (Å²) in [4.78, 5) is 26.2. The number of hydroxylamine groups is 1. The normalized spacial score (nSPS) is 50.2. The van der Waals surface area contributed by atoms with Crippen molar-refractivity contribution >= 4 is 18.0 Å². The average Bonchev–Trinajstić information content (AvgIpc) is 3.13. The summed E-state index contributed by atoms with van der Waals surface area (Å²) in [6.45, 7) is 1.41. The molecule has 10 heteroatoms. The zero-order valence-electron chi connectivity index (χ0n) is 21.1. The molecule has 0 aromatic carbocycles. The second kappa shape index (κ2) is 8.48. The van der Waals surface area contributed by atoms with Crippen LogP contribution >= 0.6 is 0 Å². The maximum absolute atomic E-state index is 14.3. The number of fused-ring (bicyclic) bond motifs is 1. The van der Waals surface area contributed by atoms with Crippen molar-refractivity contribution in [3.05, 3.63) is 5.21 Å². The second-order valence-corrected chi connectivity index (χ2v) is 11.2. The summed E-state index contributed by atoms with van der Waals surface area (Å²) in [6.07, 6.45) is 1.39. The molecule has 0 aromatic rings. The third kappa shape index (κ3) is 3.16. The summed E-state index contributed by atoms with van der Waals surface area (Å²) >= 11 is 0. The van der Waals surface area contributed by atoms with Crippen molar-refractivity contribution in [2.24, 2.45) is 34.5 Å². The molecular weight excluding hydrogens is 458 g/mol. The van der Waals surface area contributed by atoms with Gasteiger partial charge in [0.2, 0.25) is 0 Å². The number of methoxy groups -OCH3 is 4. The molecule has 4 saturated carbocycles. The lowest BCUT2D eigenvalue weighted by atomic mass is 9.46. The van der Waals surface area contributed by atoms with Crippen molar-refractivity contribution in [1.82, 2.24) is 0 Å². The first-order valence-electron chi connectivity index (χ1n) is 12.4. The first kappa shape index (κ1) is 25.1. The molecule has 0 radical (unpaired) electrons. The van der Waals surface area contributed by atoms with Crippen molar-refractivity contribution < 1.29 is 43.1 Å². The van der Waals surface area contributed by atoms with E-state index >= 15 is 0 Å². The number of rotatable bonds is 6. The van der Waals surface area contributed by atoms with Crippen LogP contribution in [0.4, 0.5) is 0 Å². The third-order valence-electron chi connectivity index (χ3n) is 10.1. The number of ketones is 1. The minimum Gasteiger partial charge on any atom is -0.624 e. The standard InChI is InChI=1S/C25H37NO9/c1-13(27)35-12-23-7-6-17(32-3)24(11-26(30)10-23)15-8-14-16(31-2)9-25(29,18(15)19(14)33-4)22(28)20(34-5)21(23)24/h11,14-21,29H,6-10,12H2,1-5H3/t14-,15-,16+,17+,18-,19+,20+,21-,23+,24-,25-/m1/s1. The van der Waals surface area contributed by atoms with Gasteiger partial charge in [-0.25, -0.2) is 4.74 Å². The Morgan fingerprint density at radius 3 is 2.54 bits per heavy atom. The van der Waals surface area contributed by atoms with E-state index in [-0.39, 0.29) is 43.6 Å². The van der Waals surface area contributed by atoms with Crippen LogP contribution < -0.4 is 0 Å². The van der Waals surface area contributed by atoms with E-state index in [4.69, 9.17) is 23.7 Å². The molecule has 0 saturated heterocycles. The van der Waals surface area contributed by atoms with Gasteiger partial charge in [-0.1, -0.05) is 0 Å².